The maximum Gasteiger partial charge on any atom is 0.407 e. The summed E-state index contributed by atoms with van der Waals surface area (Å²) in [6, 6.07) is 5.61. The highest BCUT2D eigenvalue weighted by Gasteiger charge is 2.15. The molecule has 118 valence electrons. The van der Waals surface area contributed by atoms with Crippen LogP contribution >= 0.6 is 0 Å². The van der Waals surface area contributed by atoms with Crippen LogP contribution in [0.15, 0.2) is 18.2 Å². The lowest BCUT2D eigenvalue weighted by molar-refractivity contribution is 0.0529. The minimum absolute atomic E-state index is 0.423. The molecule has 0 unspecified atom stereocenters. The minimum Gasteiger partial charge on any atom is -0.486 e. The van der Waals surface area contributed by atoms with Crippen LogP contribution in [-0.2, 0) is 4.74 Å². The van der Waals surface area contributed by atoms with Gasteiger partial charge in [0.25, 0.3) is 0 Å². The highest BCUT2D eigenvalue weighted by molar-refractivity contribution is 5.67. The summed E-state index contributed by atoms with van der Waals surface area (Å²) in [6.45, 7) is 7.07. The largest absolute Gasteiger partial charge is 0.486 e. The number of benzene rings is 1. The van der Waals surface area contributed by atoms with Gasteiger partial charge in [-0.25, -0.2) is 4.79 Å². The molecule has 5 heteroatoms. The van der Waals surface area contributed by atoms with Crippen molar-refractivity contribution in [2.45, 2.75) is 32.8 Å². The SMILES string of the molecule is CC(C)(C)OC(=O)NCCC#Cc1ccc2c(c1)OCCO2. The van der Waals surface area contributed by atoms with Crippen molar-refractivity contribution in [3.8, 4) is 23.3 Å². The lowest BCUT2D eigenvalue weighted by Gasteiger charge is -2.19. The molecule has 0 bridgehead atoms. The Morgan fingerprint density at radius 3 is 2.73 bits per heavy atom. The zero-order valence-corrected chi connectivity index (χ0v) is 13.2. The fourth-order valence-electron chi connectivity index (χ4n) is 1.83. The lowest BCUT2D eigenvalue weighted by Crippen LogP contribution is -2.32. The second-order valence-electron chi connectivity index (χ2n) is 5.84. The molecule has 0 aliphatic carbocycles. The molecule has 1 aliphatic heterocycles. The number of carbonyl (C=O) groups is 1. The fraction of sp³-hybridized carbons (Fsp3) is 0.471. The third kappa shape index (κ3) is 5.21. The zero-order valence-electron chi connectivity index (χ0n) is 13.2. The number of nitrogens with one attached hydrogen (secondary N) is 1. The standard InChI is InChI=1S/C17H21NO4/c1-17(2,3)22-16(19)18-9-5-4-6-13-7-8-14-15(12-13)21-11-10-20-14/h7-8,12H,5,9-11H2,1-3H3,(H,18,19). The number of ether oxygens (including phenoxy) is 3. The van der Waals surface area contributed by atoms with Crippen molar-refractivity contribution in [1.29, 1.82) is 0 Å². The first-order chi connectivity index (χ1) is 10.4. The summed E-state index contributed by atoms with van der Waals surface area (Å²) in [7, 11) is 0. The highest BCUT2D eigenvalue weighted by Crippen LogP contribution is 2.30. The average molecular weight is 303 g/mol. The number of carbonyl (C=O) groups excluding carboxylic acids is 1. The van der Waals surface area contributed by atoms with Crippen LogP contribution in [0.25, 0.3) is 0 Å². The first-order valence-electron chi connectivity index (χ1n) is 7.29. The van der Waals surface area contributed by atoms with Crippen LogP contribution in [0.2, 0.25) is 0 Å². The van der Waals surface area contributed by atoms with Gasteiger partial charge in [-0.2, -0.15) is 0 Å². The Bertz CT molecular complexity index is 593. The van der Waals surface area contributed by atoms with Crippen LogP contribution in [0.1, 0.15) is 32.8 Å². The quantitative estimate of drug-likeness (QED) is 0.674. The highest BCUT2D eigenvalue weighted by atomic mass is 16.6. The molecular formula is C17H21NO4. The van der Waals surface area contributed by atoms with Gasteiger partial charge in [-0.15, -0.1) is 0 Å². The summed E-state index contributed by atoms with van der Waals surface area (Å²) >= 11 is 0. The van der Waals surface area contributed by atoms with Crippen molar-refractivity contribution < 1.29 is 19.0 Å². The molecule has 0 spiro atoms. The summed E-state index contributed by atoms with van der Waals surface area (Å²) in [6.07, 6.45) is 0.127. The summed E-state index contributed by atoms with van der Waals surface area (Å²) in [5, 5.41) is 2.67. The van der Waals surface area contributed by atoms with Gasteiger partial charge in [0.1, 0.15) is 18.8 Å². The second kappa shape index (κ2) is 7.08. The van der Waals surface area contributed by atoms with E-state index in [2.05, 4.69) is 17.2 Å². The fourth-order valence-corrected chi connectivity index (χ4v) is 1.83. The number of hydrogen-bond acceptors (Lipinski definition) is 4. The van der Waals surface area contributed by atoms with Gasteiger partial charge in [0.15, 0.2) is 11.5 Å². The van der Waals surface area contributed by atoms with Crippen LogP contribution in [0.3, 0.4) is 0 Å². The van der Waals surface area contributed by atoms with Gasteiger partial charge in [-0.3, -0.25) is 0 Å². The number of rotatable bonds is 2. The van der Waals surface area contributed by atoms with Gasteiger partial charge in [0, 0.05) is 18.5 Å². The van der Waals surface area contributed by atoms with Crippen molar-refractivity contribution in [3.05, 3.63) is 23.8 Å². The van der Waals surface area contributed by atoms with E-state index < -0.39 is 11.7 Å². The molecule has 1 amide bonds. The Labute approximate surface area is 130 Å². The minimum atomic E-state index is -0.485. The summed E-state index contributed by atoms with van der Waals surface area (Å²) in [5.41, 5.74) is 0.377. The molecule has 0 saturated heterocycles. The van der Waals surface area contributed by atoms with Crippen LogP contribution in [0.5, 0.6) is 11.5 Å². The van der Waals surface area contributed by atoms with Crippen LogP contribution in [0, 0.1) is 11.8 Å². The molecule has 0 radical (unpaired) electrons. The van der Waals surface area contributed by atoms with Crippen molar-refractivity contribution >= 4 is 6.09 Å². The summed E-state index contributed by atoms with van der Waals surface area (Å²) in [4.78, 5) is 11.4. The first kappa shape index (κ1) is 16.0. The van der Waals surface area contributed by atoms with E-state index in [0.29, 0.717) is 26.2 Å². The monoisotopic (exact) mass is 303 g/mol. The third-order valence-corrected chi connectivity index (χ3v) is 2.69. The first-order valence-corrected chi connectivity index (χ1v) is 7.29. The van der Waals surface area contributed by atoms with Crippen molar-refractivity contribution in [2.75, 3.05) is 19.8 Å². The lowest BCUT2D eigenvalue weighted by atomic mass is 10.2. The van der Waals surface area contributed by atoms with E-state index in [0.717, 1.165) is 17.1 Å². The van der Waals surface area contributed by atoms with Crippen molar-refractivity contribution in [2.24, 2.45) is 0 Å². The van der Waals surface area contributed by atoms with Gasteiger partial charge >= 0.3 is 6.09 Å². The molecule has 0 fully saturated rings. The van der Waals surface area contributed by atoms with Crippen molar-refractivity contribution in [3.63, 3.8) is 0 Å². The van der Waals surface area contributed by atoms with Crippen LogP contribution in [-0.4, -0.2) is 31.5 Å². The maximum absolute atomic E-state index is 11.4. The van der Waals surface area contributed by atoms with E-state index in [1.807, 2.05) is 39.0 Å². The summed E-state index contributed by atoms with van der Waals surface area (Å²) < 4.78 is 16.1. The molecule has 1 aromatic rings. The Morgan fingerprint density at radius 1 is 1.27 bits per heavy atom. The van der Waals surface area contributed by atoms with E-state index in [9.17, 15) is 4.79 Å². The maximum atomic E-state index is 11.4. The topological polar surface area (TPSA) is 56.8 Å². The van der Waals surface area contributed by atoms with Gasteiger partial charge in [0.2, 0.25) is 0 Å². The molecule has 1 heterocycles. The van der Waals surface area contributed by atoms with E-state index in [-0.39, 0.29) is 0 Å². The Morgan fingerprint density at radius 2 is 2.00 bits per heavy atom. The van der Waals surface area contributed by atoms with Gasteiger partial charge in [0.05, 0.1) is 0 Å². The molecule has 2 rings (SSSR count). The normalized spacial score (nSPS) is 12.9. The smallest absolute Gasteiger partial charge is 0.407 e. The second-order valence-corrected chi connectivity index (χ2v) is 5.84. The molecule has 1 N–H and O–H groups in total. The van der Waals surface area contributed by atoms with E-state index in [1.165, 1.54) is 0 Å². The predicted octanol–water partition coefficient (Wildman–Crippen LogP) is 2.72. The van der Waals surface area contributed by atoms with Gasteiger partial charge < -0.3 is 19.5 Å². The molecule has 0 aromatic heterocycles. The number of fused-ring (bicyclic) bond motifs is 1. The number of hydrogen-bond donors (Lipinski definition) is 1. The molecule has 0 saturated carbocycles. The van der Waals surface area contributed by atoms with Gasteiger partial charge in [-0.1, -0.05) is 11.8 Å². The third-order valence-electron chi connectivity index (χ3n) is 2.69. The van der Waals surface area contributed by atoms with Crippen LogP contribution in [0.4, 0.5) is 4.79 Å². The Kier molecular flexibility index (Phi) is 5.16. The molecule has 5 nitrogen and oxygen atoms in total. The number of alkyl carbamates (subject to hydrolysis) is 1. The molecule has 1 aromatic carbocycles. The van der Waals surface area contributed by atoms with Gasteiger partial charge in [-0.05, 0) is 39.0 Å². The molecule has 1 aliphatic rings. The van der Waals surface area contributed by atoms with E-state index in [1.54, 1.807) is 0 Å². The average Bonchev–Trinajstić information content (AvgIpc) is 2.45. The van der Waals surface area contributed by atoms with Crippen molar-refractivity contribution in [1.82, 2.24) is 5.32 Å². The summed E-state index contributed by atoms with van der Waals surface area (Å²) in [5.74, 6) is 7.53. The van der Waals surface area contributed by atoms with E-state index >= 15 is 0 Å². The zero-order chi connectivity index (χ0) is 16.0. The Hall–Kier alpha value is -2.35. The number of amides is 1. The molecule has 22 heavy (non-hydrogen) atoms. The van der Waals surface area contributed by atoms with Crippen LogP contribution < -0.4 is 14.8 Å². The molecule has 0 atom stereocenters. The Balaban J connectivity index is 1.78. The molecular weight excluding hydrogens is 282 g/mol. The van der Waals surface area contributed by atoms with E-state index in [4.69, 9.17) is 14.2 Å². The predicted molar refractivity (Wildman–Crippen MR) is 83.2 cm³/mol.